The second-order valence-corrected chi connectivity index (χ2v) is 6.66. The van der Waals surface area contributed by atoms with E-state index in [1.165, 1.54) is 0 Å². The minimum Gasteiger partial charge on any atom is -0.326 e. The first-order chi connectivity index (χ1) is 13.7. The standard InChI is InChI=1S/C19H18N8O/c1-25-15-8-4-5-9-16(15)27(19(25)28)12-18-20-13-6-2-3-7-14(13)26(18)11-10-17-21-23-24-22-17/h2-9H,10-12H2,1H3,(H,21,22,23,24). The summed E-state index contributed by atoms with van der Waals surface area (Å²) in [4.78, 5) is 17.6. The van der Waals surface area contributed by atoms with Gasteiger partial charge in [-0.25, -0.2) is 9.78 Å². The molecule has 0 atom stereocenters. The number of benzene rings is 2. The van der Waals surface area contributed by atoms with Gasteiger partial charge in [0.25, 0.3) is 0 Å². The molecule has 2 aromatic carbocycles. The van der Waals surface area contributed by atoms with Gasteiger partial charge >= 0.3 is 5.69 Å². The molecule has 0 bridgehead atoms. The van der Waals surface area contributed by atoms with Crippen molar-refractivity contribution < 1.29 is 0 Å². The Morgan fingerprint density at radius 3 is 2.50 bits per heavy atom. The molecule has 3 aromatic heterocycles. The highest BCUT2D eigenvalue weighted by Gasteiger charge is 2.16. The normalized spacial score (nSPS) is 11.6. The fraction of sp³-hybridized carbons (Fsp3) is 0.211. The average Bonchev–Trinajstić information content (AvgIpc) is 3.41. The van der Waals surface area contributed by atoms with Gasteiger partial charge in [-0.3, -0.25) is 9.13 Å². The topological polar surface area (TPSA) is 99.2 Å². The van der Waals surface area contributed by atoms with E-state index in [1.807, 2.05) is 48.5 Å². The molecule has 9 nitrogen and oxygen atoms in total. The Morgan fingerprint density at radius 1 is 0.964 bits per heavy atom. The number of aromatic amines is 1. The van der Waals surface area contributed by atoms with Gasteiger partial charge in [-0.15, -0.1) is 10.2 Å². The Kier molecular flexibility index (Phi) is 3.78. The first kappa shape index (κ1) is 16.4. The van der Waals surface area contributed by atoms with Crippen molar-refractivity contribution in [3.8, 4) is 0 Å². The van der Waals surface area contributed by atoms with Crippen LogP contribution in [0.2, 0.25) is 0 Å². The van der Waals surface area contributed by atoms with E-state index >= 15 is 0 Å². The maximum atomic E-state index is 12.8. The lowest BCUT2D eigenvalue weighted by molar-refractivity contribution is 0.616. The highest BCUT2D eigenvalue weighted by atomic mass is 16.1. The van der Waals surface area contributed by atoms with Crippen molar-refractivity contribution >= 4 is 22.1 Å². The molecule has 3 heterocycles. The van der Waals surface area contributed by atoms with E-state index in [-0.39, 0.29) is 5.69 Å². The summed E-state index contributed by atoms with van der Waals surface area (Å²) in [6.45, 7) is 1.04. The summed E-state index contributed by atoms with van der Waals surface area (Å²) >= 11 is 0. The fourth-order valence-corrected chi connectivity index (χ4v) is 3.65. The predicted octanol–water partition coefficient (Wildman–Crippen LogP) is 1.49. The van der Waals surface area contributed by atoms with E-state index in [9.17, 15) is 4.79 Å². The quantitative estimate of drug-likeness (QED) is 0.502. The summed E-state index contributed by atoms with van der Waals surface area (Å²) in [5, 5.41) is 14.1. The Hall–Kier alpha value is -3.75. The Balaban J connectivity index is 1.60. The number of hydrogen-bond donors (Lipinski definition) is 1. The number of aryl methyl sites for hydroxylation is 3. The monoisotopic (exact) mass is 374 g/mol. The number of hydrogen-bond acceptors (Lipinski definition) is 5. The number of nitrogens with zero attached hydrogens (tertiary/aromatic N) is 7. The largest absolute Gasteiger partial charge is 0.329 e. The maximum absolute atomic E-state index is 12.8. The number of rotatable bonds is 5. The molecule has 5 aromatic rings. The van der Waals surface area contributed by atoms with Crippen LogP contribution in [-0.2, 0) is 26.6 Å². The maximum Gasteiger partial charge on any atom is 0.329 e. The molecule has 1 N–H and O–H groups in total. The summed E-state index contributed by atoms with van der Waals surface area (Å²) in [7, 11) is 1.79. The van der Waals surface area contributed by atoms with Gasteiger partial charge in [0.15, 0.2) is 5.82 Å². The molecule has 0 saturated heterocycles. The number of imidazole rings is 2. The number of tetrazole rings is 1. The van der Waals surface area contributed by atoms with E-state index in [4.69, 9.17) is 4.98 Å². The molecule has 0 aliphatic carbocycles. The van der Waals surface area contributed by atoms with Gasteiger partial charge < -0.3 is 4.57 Å². The highest BCUT2D eigenvalue weighted by molar-refractivity contribution is 5.77. The van der Waals surface area contributed by atoms with Crippen LogP contribution >= 0.6 is 0 Å². The van der Waals surface area contributed by atoms with E-state index < -0.39 is 0 Å². The number of para-hydroxylation sites is 4. The SMILES string of the molecule is Cn1c(=O)n(Cc2nc3ccccc3n2CCc2nn[nH]n2)c2ccccc21. The molecule has 28 heavy (non-hydrogen) atoms. The smallest absolute Gasteiger partial charge is 0.326 e. The molecule has 0 radical (unpaired) electrons. The molecule has 140 valence electrons. The van der Waals surface area contributed by atoms with Crippen LogP contribution in [0.3, 0.4) is 0 Å². The van der Waals surface area contributed by atoms with Crippen LogP contribution in [0.4, 0.5) is 0 Å². The fourth-order valence-electron chi connectivity index (χ4n) is 3.65. The van der Waals surface area contributed by atoms with Crippen molar-refractivity contribution in [2.24, 2.45) is 7.05 Å². The molecular formula is C19H18N8O. The molecule has 0 aliphatic rings. The molecule has 0 spiro atoms. The van der Waals surface area contributed by atoms with E-state index in [2.05, 4.69) is 25.2 Å². The van der Waals surface area contributed by atoms with Crippen LogP contribution in [0.15, 0.2) is 53.3 Å². The summed E-state index contributed by atoms with van der Waals surface area (Å²) in [5.74, 6) is 1.47. The van der Waals surface area contributed by atoms with Crippen LogP contribution in [-0.4, -0.2) is 39.3 Å². The number of fused-ring (bicyclic) bond motifs is 2. The first-order valence-corrected chi connectivity index (χ1v) is 9.03. The van der Waals surface area contributed by atoms with Gasteiger partial charge in [0.2, 0.25) is 0 Å². The summed E-state index contributed by atoms with van der Waals surface area (Å²) in [5.41, 5.74) is 3.67. The molecule has 9 heteroatoms. The molecule has 5 rings (SSSR count). The molecule has 0 saturated carbocycles. The zero-order chi connectivity index (χ0) is 19.1. The molecule has 0 unspecified atom stereocenters. The van der Waals surface area contributed by atoms with Gasteiger partial charge in [-0.05, 0) is 24.3 Å². The third-order valence-corrected chi connectivity index (χ3v) is 5.03. The van der Waals surface area contributed by atoms with Crippen molar-refractivity contribution in [1.82, 2.24) is 39.3 Å². The van der Waals surface area contributed by atoms with Gasteiger partial charge in [0, 0.05) is 20.0 Å². The van der Waals surface area contributed by atoms with Crippen LogP contribution in [0.1, 0.15) is 11.6 Å². The lowest BCUT2D eigenvalue weighted by atomic mass is 10.3. The molecule has 0 aliphatic heterocycles. The number of H-pyrrole nitrogens is 1. The molecular weight excluding hydrogens is 356 g/mol. The van der Waals surface area contributed by atoms with Gasteiger partial charge in [-0.2, -0.15) is 5.21 Å². The van der Waals surface area contributed by atoms with E-state index in [1.54, 1.807) is 16.2 Å². The Labute approximate surface area is 159 Å². The second-order valence-electron chi connectivity index (χ2n) is 6.66. The lowest BCUT2D eigenvalue weighted by Gasteiger charge is -2.09. The van der Waals surface area contributed by atoms with Crippen molar-refractivity contribution in [3.63, 3.8) is 0 Å². The van der Waals surface area contributed by atoms with Crippen molar-refractivity contribution in [3.05, 3.63) is 70.7 Å². The molecule has 0 fully saturated rings. The summed E-state index contributed by atoms with van der Waals surface area (Å²) in [6, 6.07) is 15.8. The van der Waals surface area contributed by atoms with Crippen LogP contribution in [0.5, 0.6) is 0 Å². The lowest BCUT2D eigenvalue weighted by Crippen LogP contribution is -2.24. The number of aromatic nitrogens is 8. The summed E-state index contributed by atoms with van der Waals surface area (Å²) in [6.07, 6.45) is 0.619. The highest BCUT2D eigenvalue weighted by Crippen LogP contribution is 2.19. The van der Waals surface area contributed by atoms with Crippen LogP contribution in [0, 0.1) is 0 Å². The van der Waals surface area contributed by atoms with Gasteiger partial charge in [0.05, 0.1) is 28.6 Å². The van der Waals surface area contributed by atoms with E-state index in [0.717, 1.165) is 27.9 Å². The zero-order valence-corrected chi connectivity index (χ0v) is 15.3. The van der Waals surface area contributed by atoms with E-state index in [0.29, 0.717) is 25.3 Å². The number of nitrogens with one attached hydrogen (secondary N) is 1. The third kappa shape index (κ3) is 2.59. The minimum absolute atomic E-state index is 0.0574. The van der Waals surface area contributed by atoms with Gasteiger partial charge in [-0.1, -0.05) is 29.5 Å². The zero-order valence-electron chi connectivity index (χ0n) is 15.3. The van der Waals surface area contributed by atoms with Crippen molar-refractivity contribution in [1.29, 1.82) is 0 Å². The van der Waals surface area contributed by atoms with Crippen molar-refractivity contribution in [2.75, 3.05) is 0 Å². The summed E-state index contributed by atoms with van der Waals surface area (Å²) < 4.78 is 5.56. The third-order valence-electron chi connectivity index (χ3n) is 5.03. The molecule has 0 amide bonds. The van der Waals surface area contributed by atoms with Crippen LogP contribution < -0.4 is 5.69 Å². The van der Waals surface area contributed by atoms with Crippen molar-refractivity contribution in [2.45, 2.75) is 19.5 Å². The first-order valence-electron chi connectivity index (χ1n) is 9.03. The Morgan fingerprint density at radius 2 is 1.71 bits per heavy atom. The minimum atomic E-state index is -0.0574. The van der Waals surface area contributed by atoms with Gasteiger partial charge in [0.1, 0.15) is 5.82 Å². The van der Waals surface area contributed by atoms with Crippen LogP contribution in [0.25, 0.3) is 22.1 Å². The average molecular weight is 374 g/mol. The second kappa shape index (κ2) is 6.45. The predicted molar refractivity (Wildman–Crippen MR) is 104 cm³/mol. The Bertz CT molecular complexity index is 1330.